The molecule has 0 atom stereocenters. The maximum Gasteiger partial charge on any atom is -0.00882 e. The second-order valence-corrected chi connectivity index (χ2v) is 5.34. The van der Waals surface area contributed by atoms with Crippen LogP contribution in [0, 0.1) is 0 Å². The van der Waals surface area contributed by atoms with Crippen LogP contribution in [0.1, 0.15) is 24.0 Å². The lowest BCUT2D eigenvalue weighted by Crippen LogP contribution is -2.15. The minimum Gasteiger partial charge on any atom is -0.0801 e. The van der Waals surface area contributed by atoms with Gasteiger partial charge >= 0.3 is 0 Å². The summed E-state index contributed by atoms with van der Waals surface area (Å²) in [5.41, 5.74) is 2.99. The summed E-state index contributed by atoms with van der Waals surface area (Å²) in [6.07, 6.45) is 13.9. The van der Waals surface area contributed by atoms with Gasteiger partial charge < -0.3 is 0 Å². The Bertz CT molecular complexity index is 776. The van der Waals surface area contributed by atoms with E-state index in [-0.39, 0.29) is 0 Å². The molecule has 2 aromatic carbocycles. The zero-order chi connectivity index (χ0) is 11.9. The van der Waals surface area contributed by atoms with Crippen LogP contribution < -0.4 is 10.4 Å². The van der Waals surface area contributed by atoms with E-state index >= 15 is 0 Å². The Morgan fingerprint density at radius 2 is 1.67 bits per heavy atom. The summed E-state index contributed by atoms with van der Waals surface area (Å²) in [6.45, 7) is 0. The van der Waals surface area contributed by atoms with Gasteiger partial charge in [-0.1, -0.05) is 36.4 Å². The van der Waals surface area contributed by atoms with E-state index in [0.717, 1.165) is 6.42 Å². The fraction of sp³-hybridized carbons (Fsp3) is 0.222. The van der Waals surface area contributed by atoms with Crippen LogP contribution in [-0.4, -0.2) is 0 Å². The predicted octanol–water partition coefficient (Wildman–Crippen LogP) is 2.85. The molecule has 0 saturated heterocycles. The van der Waals surface area contributed by atoms with Crippen LogP contribution in [-0.2, 0) is 12.8 Å². The smallest absolute Gasteiger partial charge is 0.00882 e. The molecule has 2 aliphatic carbocycles. The lowest BCUT2D eigenvalue weighted by molar-refractivity contribution is 0.838. The van der Waals surface area contributed by atoms with Crippen molar-refractivity contribution in [2.45, 2.75) is 25.7 Å². The van der Waals surface area contributed by atoms with Gasteiger partial charge in [-0.15, -0.1) is 0 Å². The number of rotatable bonds is 0. The largest absolute Gasteiger partial charge is 0.0801 e. The van der Waals surface area contributed by atoms with E-state index in [1.807, 2.05) is 0 Å². The molecule has 0 aliphatic heterocycles. The molecule has 4 rings (SSSR count). The maximum absolute atomic E-state index is 2.40. The standard InChI is InChI=1S/C18H16/c1-2-6-14-10-18-12-16-8-4-3-7-15(16)11-17(18)9-13(14)5-1/h1-2,5,8-12H,3-4,6-7H2. The van der Waals surface area contributed by atoms with Gasteiger partial charge in [0.05, 0.1) is 0 Å². The summed E-state index contributed by atoms with van der Waals surface area (Å²) in [7, 11) is 0. The van der Waals surface area contributed by atoms with Crippen molar-refractivity contribution >= 4 is 22.9 Å². The topological polar surface area (TPSA) is 0 Å². The molecule has 0 unspecified atom stereocenters. The molecule has 2 aromatic rings. The molecule has 18 heavy (non-hydrogen) atoms. The molecule has 88 valence electrons. The lowest BCUT2D eigenvalue weighted by Gasteiger charge is -2.12. The van der Waals surface area contributed by atoms with Crippen molar-refractivity contribution in [3.05, 3.63) is 58.0 Å². The van der Waals surface area contributed by atoms with Crippen molar-refractivity contribution in [1.82, 2.24) is 0 Å². The van der Waals surface area contributed by atoms with Crippen LogP contribution in [0.4, 0.5) is 0 Å². The minimum atomic E-state index is 1.07. The van der Waals surface area contributed by atoms with Crippen molar-refractivity contribution in [2.75, 3.05) is 0 Å². The number of benzene rings is 2. The van der Waals surface area contributed by atoms with Crippen LogP contribution in [0.3, 0.4) is 0 Å². The molecular weight excluding hydrogens is 216 g/mol. The zero-order valence-electron chi connectivity index (χ0n) is 10.4. The highest BCUT2D eigenvalue weighted by Gasteiger charge is 2.06. The molecule has 0 heterocycles. The molecule has 0 amide bonds. The van der Waals surface area contributed by atoms with E-state index in [0.29, 0.717) is 0 Å². The fourth-order valence-electron chi connectivity index (χ4n) is 3.13. The molecule has 0 heteroatoms. The summed E-state index contributed by atoms with van der Waals surface area (Å²) in [5.74, 6) is 0. The van der Waals surface area contributed by atoms with Crippen molar-refractivity contribution in [2.24, 2.45) is 0 Å². The Morgan fingerprint density at radius 3 is 2.61 bits per heavy atom. The Morgan fingerprint density at radius 1 is 0.833 bits per heavy atom. The van der Waals surface area contributed by atoms with Gasteiger partial charge in [-0.25, -0.2) is 0 Å². The van der Waals surface area contributed by atoms with Gasteiger partial charge in [0.15, 0.2) is 0 Å². The first-order valence-corrected chi connectivity index (χ1v) is 6.83. The average molecular weight is 232 g/mol. The van der Waals surface area contributed by atoms with Crippen molar-refractivity contribution in [1.29, 1.82) is 0 Å². The van der Waals surface area contributed by atoms with E-state index in [1.165, 1.54) is 51.6 Å². The third kappa shape index (κ3) is 1.53. The SMILES string of the molecule is C1=CCc2cc3cc4c(cc3cc2=C1)CCCC=4. The molecule has 0 aromatic heterocycles. The molecule has 0 saturated carbocycles. The van der Waals surface area contributed by atoms with Crippen LogP contribution in [0.5, 0.6) is 0 Å². The Labute approximate surface area is 107 Å². The summed E-state index contributed by atoms with van der Waals surface area (Å²) < 4.78 is 0. The van der Waals surface area contributed by atoms with E-state index in [2.05, 4.69) is 48.6 Å². The molecule has 2 aliphatic rings. The van der Waals surface area contributed by atoms with E-state index in [4.69, 9.17) is 0 Å². The summed E-state index contributed by atoms with van der Waals surface area (Å²) in [5, 5.41) is 5.65. The number of fused-ring (bicyclic) bond motifs is 3. The number of aryl methyl sites for hydroxylation is 1. The van der Waals surface area contributed by atoms with Gasteiger partial charge in [0.25, 0.3) is 0 Å². The first kappa shape index (κ1) is 10.1. The molecule has 0 fully saturated rings. The zero-order valence-corrected chi connectivity index (χ0v) is 10.4. The Hall–Kier alpha value is -1.82. The minimum absolute atomic E-state index is 1.07. The fourth-order valence-corrected chi connectivity index (χ4v) is 3.13. The van der Waals surface area contributed by atoms with Gasteiger partial charge in [-0.05, 0) is 70.2 Å². The highest BCUT2D eigenvalue weighted by atomic mass is 14.1. The van der Waals surface area contributed by atoms with Crippen LogP contribution in [0.15, 0.2) is 36.4 Å². The first-order chi connectivity index (χ1) is 8.90. The molecule has 0 spiro atoms. The van der Waals surface area contributed by atoms with Gasteiger partial charge in [-0.3, -0.25) is 0 Å². The highest BCUT2D eigenvalue weighted by molar-refractivity contribution is 5.85. The maximum atomic E-state index is 2.40. The second-order valence-electron chi connectivity index (χ2n) is 5.34. The van der Waals surface area contributed by atoms with Crippen molar-refractivity contribution in [3.63, 3.8) is 0 Å². The summed E-state index contributed by atoms with van der Waals surface area (Å²) in [6, 6.07) is 9.49. The van der Waals surface area contributed by atoms with Gasteiger partial charge in [-0.2, -0.15) is 0 Å². The molecule has 0 N–H and O–H groups in total. The monoisotopic (exact) mass is 232 g/mol. The van der Waals surface area contributed by atoms with Gasteiger partial charge in [0.1, 0.15) is 0 Å². The van der Waals surface area contributed by atoms with Gasteiger partial charge in [0.2, 0.25) is 0 Å². The Kier molecular flexibility index (Phi) is 2.16. The predicted molar refractivity (Wildman–Crippen MR) is 77.9 cm³/mol. The number of hydrogen-bond donors (Lipinski definition) is 0. The normalized spacial score (nSPS) is 16.7. The van der Waals surface area contributed by atoms with Crippen molar-refractivity contribution < 1.29 is 0 Å². The Balaban J connectivity index is 2.08. The quantitative estimate of drug-likeness (QED) is 0.655. The van der Waals surface area contributed by atoms with Crippen LogP contribution >= 0.6 is 0 Å². The van der Waals surface area contributed by atoms with E-state index < -0.39 is 0 Å². The van der Waals surface area contributed by atoms with E-state index in [9.17, 15) is 0 Å². The highest BCUT2D eigenvalue weighted by Crippen LogP contribution is 2.17. The van der Waals surface area contributed by atoms with Crippen LogP contribution in [0.2, 0.25) is 0 Å². The third-order valence-electron chi connectivity index (χ3n) is 4.12. The van der Waals surface area contributed by atoms with Gasteiger partial charge in [0, 0.05) is 0 Å². The van der Waals surface area contributed by atoms with Crippen molar-refractivity contribution in [3.8, 4) is 0 Å². The molecule has 0 radical (unpaired) electrons. The number of allylic oxidation sites excluding steroid dienone is 2. The van der Waals surface area contributed by atoms with Crippen LogP contribution in [0.25, 0.3) is 22.9 Å². The first-order valence-electron chi connectivity index (χ1n) is 6.83. The summed E-state index contributed by atoms with van der Waals surface area (Å²) in [4.78, 5) is 0. The van der Waals surface area contributed by atoms with E-state index in [1.54, 1.807) is 0 Å². The second kappa shape index (κ2) is 3.84. The summed E-state index contributed by atoms with van der Waals surface area (Å²) >= 11 is 0. The molecular formula is C18H16. The molecule has 0 bridgehead atoms. The average Bonchev–Trinajstić information content (AvgIpc) is 2.42. The third-order valence-corrected chi connectivity index (χ3v) is 4.12. The lowest BCUT2D eigenvalue weighted by atomic mass is 9.93. The number of hydrogen-bond acceptors (Lipinski definition) is 0. The molecule has 0 nitrogen and oxygen atoms in total.